The van der Waals surface area contributed by atoms with Crippen molar-refractivity contribution in [3.63, 3.8) is 0 Å². The number of halogens is 1. The van der Waals surface area contributed by atoms with Crippen molar-refractivity contribution in [2.45, 2.75) is 19.8 Å². The van der Waals surface area contributed by atoms with Gasteiger partial charge < -0.3 is 5.32 Å². The fourth-order valence-corrected chi connectivity index (χ4v) is 2.80. The van der Waals surface area contributed by atoms with Gasteiger partial charge in [-0.05, 0) is 37.6 Å². The summed E-state index contributed by atoms with van der Waals surface area (Å²) in [4.78, 5) is 0. The first-order valence-electron chi connectivity index (χ1n) is 7.12. The summed E-state index contributed by atoms with van der Waals surface area (Å²) in [5, 5.41) is 3.14. The zero-order valence-corrected chi connectivity index (χ0v) is 13.4. The van der Waals surface area contributed by atoms with E-state index in [0.717, 1.165) is 19.5 Å². The van der Waals surface area contributed by atoms with E-state index in [1.807, 2.05) is 6.92 Å². The van der Waals surface area contributed by atoms with Gasteiger partial charge in [-0.1, -0.05) is 25.1 Å². The summed E-state index contributed by atoms with van der Waals surface area (Å²) in [5.74, 6) is -0.310. The Balaban J connectivity index is 2.37. The molecule has 1 rings (SSSR count). The van der Waals surface area contributed by atoms with Crippen molar-refractivity contribution < 1.29 is 12.8 Å². The summed E-state index contributed by atoms with van der Waals surface area (Å²) in [7, 11) is -1.96. The molecule has 0 saturated heterocycles. The van der Waals surface area contributed by atoms with Crippen LogP contribution < -0.4 is 10.0 Å². The summed E-state index contributed by atoms with van der Waals surface area (Å²) in [6, 6.07) is 6.38. The van der Waals surface area contributed by atoms with Gasteiger partial charge in [-0.2, -0.15) is 12.7 Å². The van der Waals surface area contributed by atoms with Gasteiger partial charge >= 0.3 is 0 Å². The molecule has 0 radical (unpaired) electrons. The molecule has 0 unspecified atom stereocenters. The molecule has 0 heterocycles. The van der Waals surface area contributed by atoms with Gasteiger partial charge in [-0.15, -0.1) is 0 Å². The molecule has 0 atom stereocenters. The van der Waals surface area contributed by atoms with Crippen LogP contribution >= 0.6 is 0 Å². The summed E-state index contributed by atoms with van der Waals surface area (Å²) in [6.45, 7) is 4.29. The minimum atomic E-state index is -3.50. The van der Waals surface area contributed by atoms with Gasteiger partial charge in [0, 0.05) is 20.1 Å². The first-order chi connectivity index (χ1) is 9.97. The predicted octanol–water partition coefficient (Wildman–Crippen LogP) is 1.13. The number of nitrogens with zero attached hydrogens (tertiary/aromatic N) is 1. The fraction of sp³-hybridized carbons (Fsp3) is 0.571. The number of hydrogen-bond acceptors (Lipinski definition) is 3. The average molecular weight is 317 g/mol. The summed E-state index contributed by atoms with van der Waals surface area (Å²) in [6.07, 6.45) is 1.08. The van der Waals surface area contributed by atoms with Gasteiger partial charge in [-0.3, -0.25) is 0 Å². The van der Waals surface area contributed by atoms with Crippen molar-refractivity contribution in [2.24, 2.45) is 0 Å². The molecule has 0 aliphatic heterocycles. The number of benzene rings is 1. The highest BCUT2D eigenvalue weighted by atomic mass is 32.2. The Labute approximate surface area is 126 Å². The highest BCUT2D eigenvalue weighted by Gasteiger charge is 2.16. The minimum absolute atomic E-state index is 0.181. The molecule has 0 amide bonds. The van der Waals surface area contributed by atoms with Gasteiger partial charge in [-0.25, -0.2) is 9.11 Å². The molecule has 1 aromatic rings. The second kappa shape index (κ2) is 9.09. The maximum Gasteiger partial charge on any atom is 0.279 e. The third-order valence-corrected chi connectivity index (χ3v) is 4.70. The molecule has 2 N–H and O–H groups in total. The van der Waals surface area contributed by atoms with Crippen LogP contribution in [0.4, 0.5) is 4.39 Å². The molecule has 0 saturated carbocycles. The van der Waals surface area contributed by atoms with E-state index in [2.05, 4.69) is 10.0 Å². The third-order valence-electron chi connectivity index (χ3n) is 3.12. The molecule has 7 heteroatoms. The molecule has 0 aromatic heterocycles. The lowest BCUT2D eigenvalue weighted by Crippen LogP contribution is -2.40. The maximum absolute atomic E-state index is 13.4. The zero-order chi connectivity index (χ0) is 15.7. The van der Waals surface area contributed by atoms with E-state index >= 15 is 0 Å². The molecular formula is C14H24FN3O2S. The number of hydrogen-bond donors (Lipinski definition) is 2. The summed E-state index contributed by atoms with van der Waals surface area (Å²) in [5.41, 5.74) is 0.509. The van der Waals surface area contributed by atoms with Crippen LogP contribution in [-0.2, 0) is 16.6 Å². The molecule has 1 aromatic carbocycles. The number of rotatable bonds is 10. The minimum Gasteiger partial charge on any atom is -0.317 e. The van der Waals surface area contributed by atoms with E-state index in [-0.39, 0.29) is 12.4 Å². The lowest BCUT2D eigenvalue weighted by molar-refractivity contribution is 0.446. The van der Waals surface area contributed by atoms with Crippen molar-refractivity contribution in [3.05, 3.63) is 35.6 Å². The largest absolute Gasteiger partial charge is 0.317 e. The fourth-order valence-electron chi connectivity index (χ4n) is 1.85. The van der Waals surface area contributed by atoms with E-state index in [1.54, 1.807) is 18.2 Å². The van der Waals surface area contributed by atoms with Crippen molar-refractivity contribution in [1.29, 1.82) is 0 Å². The standard InChI is InChI=1S/C14H24FN3O2S/c1-3-16-10-6-12-18(2)21(19,20)17-11-9-13-7-4-5-8-14(13)15/h4-5,7-8,16-17H,3,6,9-12H2,1-2H3. The summed E-state index contributed by atoms with van der Waals surface area (Å²) >= 11 is 0. The molecule has 0 fully saturated rings. The van der Waals surface area contributed by atoms with Crippen molar-refractivity contribution in [3.8, 4) is 0 Å². The Kier molecular flexibility index (Phi) is 7.81. The van der Waals surface area contributed by atoms with Gasteiger partial charge in [0.1, 0.15) is 5.82 Å². The van der Waals surface area contributed by atoms with Crippen LogP contribution in [0.5, 0.6) is 0 Å². The van der Waals surface area contributed by atoms with E-state index in [9.17, 15) is 12.8 Å². The smallest absolute Gasteiger partial charge is 0.279 e. The van der Waals surface area contributed by atoms with Gasteiger partial charge in [0.05, 0.1) is 0 Å². The topological polar surface area (TPSA) is 61.4 Å². The Hall–Kier alpha value is -1.02. The second-order valence-corrected chi connectivity index (χ2v) is 6.63. The van der Waals surface area contributed by atoms with Gasteiger partial charge in [0.2, 0.25) is 0 Å². The highest BCUT2D eigenvalue weighted by molar-refractivity contribution is 7.87. The Morgan fingerprint density at radius 1 is 1.24 bits per heavy atom. The van der Waals surface area contributed by atoms with Crippen molar-refractivity contribution in [1.82, 2.24) is 14.3 Å². The second-order valence-electron chi connectivity index (χ2n) is 4.77. The van der Waals surface area contributed by atoms with Crippen molar-refractivity contribution >= 4 is 10.2 Å². The van der Waals surface area contributed by atoms with E-state index in [4.69, 9.17) is 0 Å². The Morgan fingerprint density at radius 2 is 1.95 bits per heavy atom. The van der Waals surface area contributed by atoms with E-state index in [0.29, 0.717) is 18.5 Å². The quantitative estimate of drug-likeness (QED) is 0.636. The SMILES string of the molecule is CCNCCCN(C)S(=O)(=O)NCCc1ccccc1F. The highest BCUT2D eigenvalue weighted by Crippen LogP contribution is 2.06. The predicted molar refractivity (Wildman–Crippen MR) is 82.8 cm³/mol. The van der Waals surface area contributed by atoms with Crippen LogP contribution in [0.1, 0.15) is 18.9 Å². The molecule has 0 bridgehead atoms. The number of nitrogens with one attached hydrogen (secondary N) is 2. The normalized spacial score (nSPS) is 12.0. The van der Waals surface area contributed by atoms with Crippen LogP contribution in [0, 0.1) is 5.82 Å². The lowest BCUT2D eigenvalue weighted by atomic mass is 10.1. The first-order valence-corrected chi connectivity index (χ1v) is 8.56. The molecule has 0 spiro atoms. The van der Waals surface area contributed by atoms with Crippen molar-refractivity contribution in [2.75, 3.05) is 33.2 Å². The van der Waals surface area contributed by atoms with E-state index < -0.39 is 10.2 Å². The summed E-state index contributed by atoms with van der Waals surface area (Å²) < 4.78 is 41.1. The monoisotopic (exact) mass is 317 g/mol. The molecule has 120 valence electrons. The van der Waals surface area contributed by atoms with Gasteiger partial charge in [0.15, 0.2) is 0 Å². The average Bonchev–Trinajstić information content (AvgIpc) is 2.45. The molecule has 21 heavy (non-hydrogen) atoms. The van der Waals surface area contributed by atoms with Crippen LogP contribution in [0.2, 0.25) is 0 Å². The first kappa shape index (κ1) is 18.0. The van der Waals surface area contributed by atoms with Gasteiger partial charge in [0.25, 0.3) is 10.2 Å². The van der Waals surface area contributed by atoms with Crippen LogP contribution in [-0.4, -0.2) is 45.9 Å². The molecule has 0 aliphatic carbocycles. The maximum atomic E-state index is 13.4. The van der Waals surface area contributed by atoms with Crippen LogP contribution in [0.15, 0.2) is 24.3 Å². The van der Waals surface area contributed by atoms with E-state index in [1.165, 1.54) is 17.4 Å². The lowest BCUT2D eigenvalue weighted by Gasteiger charge is -2.17. The van der Waals surface area contributed by atoms with Crippen LogP contribution in [0.25, 0.3) is 0 Å². The Morgan fingerprint density at radius 3 is 2.62 bits per heavy atom. The Bertz CT molecular complexity index is 523. The molecule has 0 aliphatic rings. The van der Waals surface area contributed by atoms with Crippen LogP contribution in [0.3, 0.4) is 0 Å². The molecule has 5 nitrogen and oxygen atoms in total. The molecular weight excluding hydrogens is 293 g/mol. The third kappa shape index (κ3) is 6.52. The zero-order valence-electron chi connectivity index (χ0n) is 12.6.